The van der Waals surface area contributed by atoms with Crippen molar-refractivity contribution in [2.45, 2.75) is 30.6 Å². The Bertz CT molecular complexity index is 968. The summed E-state index contributed by atoms with van der Waals surface area (Å²) in [4.78, 5) is 13.4. The number of nitrogens with one attached hydrogen (secondary N) is 1. The maximum absolute atomic E-state index is 12.4. The van der Waals surface area contributed by atoms with Gasteiger partial charge in [-0.2, -0.15) is 0 Å². The molecule has 152 valence electrons. The fourth-order valence-corrected chi connectivity index (χ4v) is 5.08. The van der Waals surface area contributed by atoms with Crippen LogP contribution in [0.5, 0.6) is 0 Å². The Labute approximate surface area is 186 Å². The molecule has 6 nitrogen and oxygen atoms in total. The highest BCUT2D eigenvalue weighted by atomic mass is 35.5. The fourth-order valence-electron chi connectivity index (χ4n) is 3.09. The largest absolute Gasteiger partial charge is 0.376 e. The third kappa shape index (κ3) is 5.32. The zero-order chi connectivity index (χ0) is 20.2. The van der Waals surface area contributed by atoms with Gasteiger partial charge in [0.15, 0.2) is 11.0 Å². The molecule has 1 aliphatic rings. The summed E-state index contributed by atoms with van der Waals surface area (Å²) in [6.45, 7) is 1.46. The third-order valence-corrected chi connectivity index (χ3v) is 6.62. The average Bonchev–Trinajstić information content (AvgIpc) is 3.42. The fraction of sp³-hybridized carbons (Fsp3) is 0.316. The number of rotatable bonds is 7. The lowest BCUT2D eigenvalue weighted by Crippen LogP contribution is -2.18. The smallest absolute Gasteiger partial charge is 0.234 e. The molecular weight excluding hydrogens is 451 g/mol. The minimum Gasteiger partial charge on any atom is -0.376 e. The standard InChI is InChI=1S/C19H18Cl2N4O2S2/c20-12-7-13(21)9-14(8-12)22-17(26)11-29-19-24-23-18(16-4-2-6-28-16)25(19)10-15-3-1-5-27-15/h2,4,6-9,15H,1,3,5,10-11H2,(H,22,26). The summed E-state index contributed by atoms with van der Waals surface area (Å²) in [6.07, 6.45) is 2.22. The van der Waals surface area contributed by atoms with E-state index in [0.717, 1.165) is 30.2 Å². The first-order chi connectivity index (χ1) is 14.1. The van der Waals surface area contributed by atoms with Crippen LogP contribution < -0.4 is 5.32 Å². The minimum absolute atomic E-state index is 0.145. The molecule has 1 atom stereocenters. The number of hydrogen-bond acceptors (Lipinski definition) is 6. The van der Waals surface area contributed by atoms with Crippen LogP contribution in [0.25, 0.3) is 10.7 Å². The second kappa shape index (κ2) is 9.49. The van der Waals surface area contributed by atoms with Crippen molar-refractivity contribution in [2.24, 2.45) is 0 Å². The van der Waals surface area contributed by atoms with Gasteiger partial charge in [0.25, 0.3) is 0 Å². The van der Waals surface area contributed by atoms with Gasteiger partial charge in [-0.1, -0.05) is 41.0 Å². The number of ether oxygens (including phenoxy) is 1. The van der Waals surface area contributed by atoms with Crippen LogP contribution in [0.15, 0.2) is 40.9 Å². The molecule has 1 amide bonds. The van der Waals surface area contributed by atoms with Crippen molar-refractivity contribution in [3.8, 4) is 10.7 Å². The quantitative estimate of drug-likeness (QED) is 0.481. The molecule has 0 saturated carbocycles. The number of thioether (sulfide) groups is 1. The van der Waals surface area contributed by atoms with Gasteiger partial charge < -0.3 is 10.1 Å². The minimum atomic E-state index is -0.169. The van der Waals surface area contributed by atoms with E-state index in [9.17, 15) is 4.79 Å². The lowest BCUT2D eigenvalue weighted by Gasteiger charge is -2.14. The maximum Gasteiger partial charge on any atom is 0.234 e. The van der Waals surface area contributed by atoms with Gasteiger partial charge in [0, 0.05) is 22.3 Å². The van der Waals surface area contributed by atoms with Crippen LogP contribution in [-0.4, -0.2) is 39.1 Å². The molecule has 1 saturated heterocycles. The van der Waals surface area contributed by atoms with Gasteiger partial charge in [0.2, 0.25) is 5.91 Å². The van der Waals surface area contributed by atoms with Crippen LogP contribution >= 0.6 is 46.3 Å². The molecule has 0 spiro atoms. The van der Waals surface area contributed by atoms with Crippen LogP contribution in [0.3, 0.4) is 0 Å². The highest BCUT2D eigenvalue weighted by Crippen LogP contribution is 2.29. The van der Waals surface area contributed by atoms with E-state index in [1.165, 1.54) is 11.8 Å². The first kappa shape index (κ1) is 20.7. The van der Waals surface area contributed by atoms with Gasteiger partial charge in [0.05, 0.1) is 23.3 Å². The van der Waals surface area contributed by atoms with Gasteiger partial charge >= 0.3 is 0 Å². The topological polar surface area (TPSA) is 69.0 Å². The van der Waals surface area contributed by atoms with Crippen molar-refractivity contribution in [2.75, 3.05) is 17.7 Å². The monoisotopic (exact) mass is 468 g/mol. The van der Waals surface area contributed by atoms with Crippen LogP contribution in [0.2, 0.25) is 10.0 Å². The van der Waals surface area contributed by atoms with Gasteiger partial charge in [0.1, 0.15) is 0 Å². The summed E-state index contributed by atoms with van der Waals surface area (Å²) in [6, 6.07) is 8.94. The zero-order valence-corrected chi connectivity index (χ0v) is 18.5. The molecule has 1 N–H and O–H groups in total. The molecule has 29 heavy (non-hydrogen) atoms. The number of amides is 1. The molecule has 3 heterocycles. The van der Waals surface area contributed by atoms with E-state index in [1.54, 1.807) is 29.5 Å². The first-order valence-corrected chi connectivity index (χ1v) is 11.7. The third-order valence-electron chi connectivity index (χ3n) is 4.35. The summed E-state index contributed by atoms with van der Waals surface area (Å²) in [5.41, 5.74) is 0.563. The Hall–Kier alpha value is -1.58. The van der Waals surface area contributed by atoms with Crippen molar-refractivity contribution in [1.29, 1.82) is 0 Å². The number of anilines is 1. The summed E-state index contributed by atoms with van der Waals surface area (Å²) >= 11 is 14.9. The van der Waals surface area contributed by atoms with E-state index in [2.05, 4.69) is 20.1 Å². The van der Waals surface area contributed by atoms with Crippen molar-refractivity contribution in [3.05, 3.63) is 45.8 Å². The number of carbonyl (C=O) groups is 1. The van der Waals surface area contributed by atoms with Gasteiger partial charge in [-0.3, -0.25) is 9.36 Å². The Morgan fingerprint density at radius 3 is 2.83 bits per heavy atom. The molecule has 1 aliphatic heterocycles. The average molecular weight is 469 g/mol. The van der Waals surface area contributed by atoms with E-state index in [0.29, 0.717) is 27.4 Å². The van der Waals surface area contributed by atoms with E-state index < -0.39 is 0 Å². The second-order valence-electron chi connectivity index (χ2n) is 6.52. The maximum atomic E-state index is 12.4. The van der Waals surface area contributed by atoms with E-state index in [1.807, 2.05) is 17.5 Å². The van der Waals surface area contributed by atoms with Crippen molar-refractivity contribution in [1.82, 2.24) is 14.8 Å². The van der Waals surface area contributed by atoms with Crippen LogP contribution in [0, 0.1) is 0 Å². The molecule has 4 rings (SSSR count). The molecular formula is C19H18Cl2N4O2S2. The summed E-state index contributed by atoms with van der Waals surface area (Å²) < 4.78 is 7.85. The number of halogens is 2. The molecule has 3 aromatic rings. The highest BCUT2D eigenvalue weighted by molar-refractivity contribution is 7.99. The Morgan fingerprint density at radius 1 is 1.31 bits per heavy atom. The summed E-state index contributed by atoms with van der Waals surface area (Å²) in [7, 11) is 0. The van der Waals surface area contributed by atoms with E-state index >= 15 is 0 Å². The molecule has 1 unspecified atom stereocenters. The van der Waals surface area contributed by atoms with Gasteiger partial charge in [-0.05, 0) is 42.5 Å². The number of nitrogens with zero attached hydrogens (tertiary/aromatic N) is 3. The van der Waals surface area contributed by atoms with Crippen molar-refractivity contribution in [3.63, 3.8) is 0 Å². The van der Waals surface area contributed by atoms with E-state index in [-0.39, 0.29) is 17.8 Å². The Balaban J connectivity index is 1.46. The molecule has 0 aliphatic carbocycles. The van der Waals surface area contributed by atoms with Crippen molar-refractivity contribution >= 4 is 57.9 Å². The number of aromatic nitrogens is 3. The van der Waals surface area contributed by atoms with Gasteiger partial charge in [-0.15, -0.1) is 21.5 Å². The predicted octanol–water partition coefficient (Wildman–Crippen LogP) is 5.22. The molecule has 1 fully saturated rings. The zero-order valence-electron chi connectivity index (χ0n) is 15.3. The van der Waals surface area contributed by atoms with E-state index in [4.69, 9.17) is 27.9 Å². The molecule has 0 radical (unpaired) electrons. The number of carbonyl (C=O) groups excluding carboxylic acids is 1. The number of benzene rings is 1. The molecule has 10 heteroatoms. The van der Waals surface area contributed by atoms with Crippen LogP contribution in [0.4, 0.5) is 5.69 Å². The van der Waals surface area contributed by atoms with Crippen LogP contribution in [-0.2, 0) is 16.1 Å². The predicted molar refractivity (Wildman–Crippen MR) is 118 cm³/mol. The SMILES string of the molecule is O=C(CSc1nnc(-c2cccs2)n1CC1CCCO1)Nc1cc(Cl)cc(Cl)c1. The lowest BCUT2D eigenvalue weighted by molar-refractivity contribution is -0.113. The number of thiophene rings is 1. The molecule has 2 aromatic heterocycles. The van der Waals surface area contributed by atoms with Gasteiger partial charge in [-0.25, -0.2) is 0 Å². The lowest BCUT2D eigenvalue weighted by atomic mass is 10.2. The summed E-state index contributed by atoms with van der Waals surface area (Å²) in [5.74, 6) is 0.829. The first-order valence-electron chi connectivity index (χ1n) is 9.06. The summed E-state index contributed by atoms with van der Waals surface area (Å²) in [5, 5.41) is 15.2. The Morgan fingerprint density at radius 2 is 2.14 bits per heavy atom. The molecule has 0 bridgehead atoms. The Kier molecular flexibility index (Phi) is 6.77. The number of hydrogen-bond donors (Lipinski definition) is 1. The van der Waals surface area contributed by atoms with Crippen LogP contribution in [0.1, 0.15) is 12.8 Å². The second-order valence-corrected chi connectivity index (χ2v) is 9.29. The van der Waals surface area contributed by atoms with Crippen molar-refractivity contribution < 1.29 is 9.53 Å². The highest BCUT2D eigenvalue weighted by Gasteiger charge is 2.22. The molecule has 1 aromatic carbocycles. The normalized spacial score (nSPS) is 16.3.